The lowest BCUT2D eigenvalue weighted by Gasteiger charge is -2.12. The van der Waals surface area contributed by atoms with Gasteiger partial charge in [0.1, 0.15) is 0 Å². The van der Waals surface area contributed by atoms with Gasteiger partial charge >= 0.3 is 0 Å². The third-order valence-electron chi connectivity index (χ3n) is 2.29. The van der Waals surface area contributed by atoms with Crippen LogP contribution in [0.5, 0.6) is 0 Å². The summed E-state index contributed by atoms with van der Waals surface area (Å²) in [5.41, 5.74) is 2.39. The molecule has 0 heterocycles. The van der Waals surface area contributed by atoms with Crippen molar-refractivity contribution >= 4 is 15.9 Å². The molecule has 1 aromatic rings. The Hall–Kier alpha value is -0.380. The van der Waals surface area contributed by atoms with E-state index < -0.39 is 0 Å². The van der Waals surface area contributed by atoms with Gasteiger partial charge in [-0.25, -0.2) is 0 Å². The van der Waals surface area contributed by atoms with Crippen molar-refractivity contribution in [2.75, 3.05) is 13.1 Å². The molecule has 0 spiro atoms. The molecule has 2 N–H and O–H groups in total. The molecule has 0 aliphatic carbocycles. The summed E-state index contributed by atoms with van der Waals surface area (Å²) in [5, 5.41) is 12.9. The Bertz CT molecular complexity index is 314. The molecule has 0 aliphatic rings. The van der Waals surface area contributed by atoms with Crippen LogP contribution < -0.4 is 5.32 Å². The number of hydrogen-bond acceptors (Lipinski definition) is 2. The summed E-state index contributed by atoms with van der Waals surface area (Å²) < 4.78 is 1.08. The molecule has 0 bridgehead atoms. The lowest BCUT2D eigenvalue weighted by Crippen LogP contribution is -2.28. The second-order valence-electron chi connectivity index (χ2n) is 3.76. The second-order valence-corrected chi connectivity index (χ2v) is 4.61. The predicted molar refractivity (Wildman–Crippen MR) is 67.1 cm³/mol. The van der Waals surface area contributed by atoms with Crippen molar-refractivity contribution in [1.82, 2.24) is 5.32 Å². The van der Waals surface area contributed by atoms with Gasteiger partial charge in [0.25, 0.3) is 0 Å². The number of nitrogens with one attached hydrogen (secondary N) is 1. The SMILES string of the molecule is CCNCC(O)Cc1ccc(C)cc1Br. The summed E-state index contributed by atoms with van der Waals surface area (Å²) >= 11 is 3.51. The Morgan fingerprint density at radius 2 is 2.20 bits per heavy atom. The lowest BCUT2D eigenvalue weighted by atomic mass is 10.1. The van der Waals surface area contributed by atoms with Crippen molar-refractivity contribution in [3.63, 3.8) is 0 Å². The van der Waals surface area contributed by atoms with E-state index in [1.807, 2.05) is 6.92 Å². The Kier molecular flexibility index (Phi) is 5.29. The minimum Gasteiger partial charge on any atom is -0.391 e. The smallest absolute Gasteiger partial charge is 0.0705 e. The normalized spacial score (nSPS) is 12.8. The summed E-state index contributed by atoms with van der Waals surface area (Å²) in [5.74, 6) is 0. The summed E-state index contributed by atoms with van der Waals surface area (Å²) in [7, 11) is 0. The van der Waals surface area contributed by atoms with Crippen LogP contribution >= 0.6 is 15.9 Å². The van der Waals surface area contributed by atoms with E-state index in [0.717, 1.165) is 16.6 Å². The number of hydrogen-bond donors (Lipinski definition) is 2. The molecule has 3 heteroatoms. The first-order valence-corrected chi connectivity index (χ1v) is 6.06. The largest absolute Gasteiger partial charge is 0.391 e. The van der Waals surface area contributed by atoms with Gasteiger partial charge in [-0.05, 0) is 30.7 Å². The fraction of sp³-hybridized carbons (Fsp3) is 0.500. The molecule has 0 fully saturated rings. The van der Waals surface area contributed by atoms with E-state index in [0.29, 0.717) is 13.0 Å². The van der Waals surface area contributed by atoms with Crippen LogP contribution in [0, 0.1) is 6.92 Å². The van der Waals surface area contributed by atoms with Crippen LogP contribution in [0.3, 0.4) is 0 Å². The van der Waals surface area contributed by atoms with Crippen molar-refractivity contribution in [3.05, 3.63) is 33.8 Å². The van der Waals surface area contributed by atoms with Gasteiger partial charge in [-0.3, -0.25) is 0 Å². The lowest BCUT2D eigenvalue weighted by molar-refractivity contribution is 0.172. The van der Waals surface area contributed by atoms with Gasteiger partial charge in [-0.2, -0.15) is 0 Å². The molecule has 84 valence electrons. The van der Waals surface area contributed by atoms with Crippen LogP contribution in [0.25, 0.3) is 0 Å². The van der Waals surface area contributed by atoms with Crippen molar-refractivity contribution < 1.29 is 5.11 Å². The van der Waals surface area contributed by atoms with Crippen molar-refractivity contribution in [2.24, 2.45) is 0 Å². The number of likely N-dealkylation sites (N-methyl/N-ethyl adjacent to an activating group) is 1. The monoisotopic (exact) mass is 271 g/mol. The fourth-order valence-corrected chi connectivity index (χ4v) is 2.11. The number of aryl methyl sites for hydroxylation is 1. The molecule has 0 saturated carbocycles. The zero-order valence-corrected chi connectivity index (χ0v) is 10.8. The fourth-order valence-electron chi connectivity index (χ4n) is 1.45. The zero-order chi connectivity index (χ0) is 11.3. The maximum Gasteiger partial charge on any atom is 0.0705 e. The quantitative estimate of drug-likeness (QED) is 0.861. The van der Waals surface area contributed by atoms with Gasteiger partial charge in [-0.15, -0.1) is 0 Å². The minimum atomic E-state index is -0.316. The average Bonchev–Trinajstić information content (AvgIpc) is 2.19. The topological polar surface area (TPSA) is 32.3 Å². The minimum absolute atomic E-state index is 0.316. The maximum absolute atomic E-state index is 9.74. The van der Waals surface area contributed by atoms with Gasteiger partial charge in [-0.1, -0.05) is 35.0 Å². The Balaban J connectivity index is 2.56. The molecular formula is C12H18BrNO. The molecule has 0 aliphatic heterocycles. The maximum atomic E-state index is 9.74. The molecule has 0 radical (unpaired) electrons. The van der Waals surface area contributed by atoms with Gasteiger partial charge in [0.15, 0.2) is 0 Å². The number of aliphatic hydroxyl groups is 1. The first-order chi connectivity index (χ1) is 7.13. The summed E-state index contributed by atoms with van der Waals surface area (Å²) in [4.78, 5) is 0. The Morgan fingerprint density at radius 1 is 1.47 bits per heavy atom. The number of halogens is 1. The highest BCUT2D eigenvalue weighted by atomic mass is 79.9. The van der Waals surface area contributed by atoms with Gasteiger partial charge in [0, 0.05) is 17.4 Å². The summed E-state index contributed by atoms with van der Waals surface area (Å²) in [6.07, 6.45) is 0.373. The summed E-state index contributed by atoms with van der Waals surface area (Å²) in [6.45, 7) is 5.64. The van der Waals surface area contributed by atoms with E-state index in [4.69, 9.17) is 0 Å². The number of aliphatic hydroxyl groups excluding tert-OH is 1. The standard InChI is InChI=1S/C12H18BrNO/c1-3-14-8-11(15)7-10-5-4-9(2)6-12(10)13/h4-6,11,14-15H,3,7-8H2,1-2H3. The predicted octanol–water partition coefficient (Wildman–Crippen LogP) is 2.27. The molecular weight excluding hydrogens is 254 g/mol. The van der Waals surface area contributed by atoms with E-state index in [2.05, 4.69) is 46.4 Å². The van der Waals surface area contributed by atoms with Crippen LogP contribution in [0.4, 0.5) is 0 Å². The number of benzene rings is 1. The molecule has 1 rings (SSSR count). The van der Waals surface area contributed by atoms with E-state index in [1.54, 1.807) is 0 Å². The van der Waals surface area contributed by atoms with Gasteiger partial charge in [0.05, 0.1) is 6.10 Å². The Morgan fingerprint density at radius 3 is 2.80 bits per heavy atom. The van der Waals surface area contributed by atoms with E-state index in [9.17, 15) is 5.11 Å². The highest BCUT2D eigenvalue weighted by Crippen LogP contribution is 2.19. The Labute approximate surface area is 99.8 Å². The molecule has 0 amide bonds. The first kappa shape index (κ1) is 12.7. The highest BCUT2D eigenvalue weighted by Gasteiger charge is 2.07. The van der Waals surface area contributed by atoms with Crippen molar-refractivity contribution in [2.45, 2.75) is 26.4 Å². The average molecular weight is 272 g/mol. The molecule has 0 aromatic heterocycles. The first-order valence-electron chi connectivity index (χ1n) is 5.27. The third kappa shape index (κ3) is 4.33. The summed E-state index contributed by atoms with van der Waals surface area (Å²) in [6, 6.07) is 6.21. The van der Waals surface area contributed by atoms with E-state index in [-0.39, 0.29) is 6.10 Å². The zero-order valence-electron chi connectivity index (χ0n) is 9.26. The molecule has 2 nitrogen and oxygen atoms in total. The van der Waals surface area contributed by atoms with Crippen LogP contribution in [0.2, 0.25) is 0 Å². The molecule has 0 saturated heterocycles. The molecule has 1 unspecified atom stereocenters. The van der Waals surface area contributed by atoms with Gasteiger partial charge in [0.2, 0.25) is 0 Å². The second kappa shape index (κ2) is 6.26. The van der Waals surface area contributed by atoms with Crippen LogP contribution in [0.1, 0.15) is 18.1 Å². The number of rotatable bonds is 5. The van der Waals surface area contributed by atoms with Crippen LogP contribution in [-0.2, 0) is 6.42 Å². The molecule has 15 heavy (non-hydrogen) atoms. The van der Waals surface area contributed by atoms with Crippen LogP contribution in [-0.4, -0.2) is 24.3 Å². The van der Waals surface area contributed by atoms with Crippen LogP contribution in [0.15, 0.2) is 22.7 Å². The van der Waals surface area contributed by atoms with Crippen molar-refractivity contribution in [1.29, 1.82) is 0 Å². The highest BCUT2D eigenvalue weighted by molar-refractivity contribution is 9.10. The molecule has 1 atom stereocenters. The van der Waals surface area contributed by atoms with E-state index in [1.165, 1.54) is 5.56 Å². The molecule has 1 aromatic carbocycles. The third-order valence-corrected chi connectivity index (χ3v) is 3.03. The van der Waals surface area contributed by atoms with Crippen molar-refractivity contribution in [3.8, 4) is 0 Å². The van der Waals surface area contributed by atoms with Gasteiger partial charge < -0.3 is 10.4 Å². The van der Waals surface area contributed by atoms with E-state index >= 15 is 0 Å².